The highest BCUT2D eigenvalue weighted by Gasteiger charge is 2.18. The molecule has 0 amide bonds. The Kier molecular flexibility index (Phi) is 3.56. The third kappa shape index (κ3) is 3.47. The van der Waals surface area contributed by atoms with Gasteiger partial charge in [-0.05, 0) is 20.3 Å². The number of anilines is 1. The van der Waals surface area contributed by atoms with E-state index in [1.807, 2.05) is 12.4 Å². The van der Waals surface area contributed by atoms with Gasteiger partial charge in [0.1, 0.15) is 5.82 Å². The average molecular weight is 221 g/mol. The van der Waals surface area contributed by atoms with Crippen molar-refractivity contribution in [3.05, 3.63) is 18.1 Å². The Balaban J connectivity index is 2.80. The maximum Gasteiger partial charge on any atom is 0.144 e. The van der Waals surface area contributed by atoms with Gasteiger partial charge in [0.2, 0.25) is 0 Å². The lowest BCUT2D eigenvalue weighted by atomic mass is 9.93. The molecule has 0 aliphatic carbocycles. The molecule has 0 aromatic carbocycles. The lowest BCUT2D eigenvalue weighted by Crippen LogP contribution is -2.30. The second-order valence-electron chi connectivity index (χ2n) is 5.90. The second kappa shape index (κ2) is 4.40. The molecule has 0 aliphatic rings. The van der Waals surface area contributed by atoms with Crippen LogP contribution in [0.1, 0.15) is 53.7 Å². The van der Waals surface area contributed by atoms with Crippen LogP contribution in [0.3, 0.4) is 0 Å². The fourth-order valence-corrected chi connectivity index (χ4v) is 1.21. The van der Waals surface area contributed by atoms with Gasteiger partial charge in [-0.15, -0.1) is 0 Å². The molecule has 0 aliphatic heterocycles. The summed E-state index contributed by atoms with van der Waals surface area (Å²) >= 11 is 0. The van der Waals surface area contributed by atoms with Gasteiger partial charge in [0.15, 0.2) is 0 Å². The zero-order valence-electron chi connectivity index (χ0n) is 11.3. The first-order valence-corrected chi connectivity index (χ1v) is 5.85. The Morgan fingerprint density at radius 2 is 1.69 bits per heavy atom. The minimum Gasteiger partial charge on any atom is -0.364 e. The van der Waals surface area contributed by atoms with Crippen molar-refractivity contribution in [3.63, 3.8) is 0 Å². The van der Waals surface area contributed by atoms with Crippen LogP contribution in [0, 0.1) is 0 Å². The summed E-state index contributed by atoms with van der Waals surface area (Å²) in [7, 11) is 0. The minimum atomic E-state index is 0.0613. The minimum absolute atomic E-state index is 0.0613. The topological polar surface area (TPSA) is 37.8 Å². The molecule has 1 N–H and O–H groups in total. The van der Waals surface area contributed by atoms with Crippen LogP contribution in [0.15, 0.2) is 12.4 Å². The molecule has 16 heavy (non-hydrogen) atoms. The summed E-state index contributed by atoms with van der Waals surface area (Å²) < 4.78 is 0. The Bertz CT molecular complexity index is 333. The van der Waals surface area contributed by atoms with E-state index in [0.29, 0.717) is 0 Å². The highest BCUT2D eigenvalue weighted by molar-refractivity contribution is 5.35. The van der Waals surface area contributed by atoms with Crippen molar-refractivity contribution in [2.45, 2.75) is 58.9 Å². The van der Waals surface area contributed by atoms with E-state index < -0.39 is 0 Å². The van der Waals surface area contributed by atoms with Crippen molar-refractivity contribution in [1.29, 1.82) is 0 Å². The molecule has 0 unspecified atom stereocenters. The summed E-state index contributed by atoms with van der Waals surface area (Å²) in [5.74, 6) is 0.847. The molecular weight excluding hydrogens is 198 g/mol. The summed E-state index contributed by atoms with van der Waals surface area (Å²) in [5.41, 5.74) is 1.15. The van der Waals surface area contributed by atoms with Gasteiger partial charge in [-0.25, -0.2) is 4.98 Å². The Hall–Kier alpha value is -1.12. The van der Waals surface area contributed by atoms with E-state index in [1.165, 1.54) is 0 Å². The number of hydrogen-bond acceptors (Lipinski definition) is 3. The molecule has 0 spiro atoms. The van der Waals surface area contributed by atoms with E-state index >= 15 is 0 Å². The number of aromatic nitrogens is 2. The first kappa shape index (κ1) is 12.9. The zero-order valence-corrected chi connectivity index (χ0v) is 11.3. The van der Waals surface area contributed by atoms with E-state index in [-0.39, 0.29) is 11.0 Å². The third-order valence-corrected chi connectivity index (χ3v) is 2.77. The first-order valence-electron chi connectivity index (χ1n) is 5.85. The van der Waals surface area contributed by atoms with Crippen molar-refractivity contribution in [2.75, 3.05) is 5.32 Å². The van der Waals surface area contributed by atoms with Gasteiger partial charge in [0, 0.05) is 11.0 Å². The molecule has 1 aromatic rings. The molecule has 1 rings (SSSR count). The van der Waals surface area contributed by atoms with Crippen molar-refractivity contribution in [3.8, 4) is 0 Å². The van der Waals surface area contributed by atoms with Gasteiger partial charge >= 0.3 is 0 Å². The maximum atomic E-state index is 4.44. The van der Waals surface area contributed by atoms with Crippen LogP contribution >= 0.6 is 0 Å². The summed E-state index contributed by atoms with van der Waals surface area (Å²) in [6.07, 6.45) is 4.72. The van der Waals surface area contributed by atoms with Crippen LogP contribution in [0.25, 0.3) is 0 Å². The summed E-state index contributed by atoms with van der Waals surface area (Å²) in [5, 5.41) is 3.37. The predicted molar refractivity (Wildman–Crippen MR) is 68.7 cm³/mol. The molecule has 0 saturated carbocycles. The standard InChI is InChI=1S/C13H23N3/c1-7-13(5,6)16-11-9-14-10(8-15-11)12(2,3)4/h8-9H,7H2,1-6H3,(H,15,16). The smallest absolute Gasteiger partial charge is 0.144 e. The summed E-state index contributed by atoms with van der Waals surface area (Å²) in [6, 6.07) is 0. The fraction of sp³-hybridized carbons (Fsp3) is 0.692. The molecule has 0 atom stereocenters. The fourth-order valence-electron chi connectivity index (χ4n) is 1.21. The van der Waals surface area contributed by atoms with Crippen LogP contribution in [0.5, 0.6) is 0 Å². The SMILES string of the molecule is CCC(C)(C)Nc1cnc(C(C)(C)C)cn1. The quantitative estimate of drug-likeness (QED) is 0.850. The number of rotatable bonds is 3. The van der Waals surface area contributed by atoms with Crippen LogP contribution in [-0.4, -0.2) is 15.5 Å². The number of nitrogens with one attached hydrogen (secondary N) is 1. The molecule has 1 heterocycles. The van der Waals surface area contributed by atoms with Gasteiger partial charge in [-0.1, -0.05) is 27.7 Å². The predicted octanol–water partition coefficient (Wildman–Crippen LogP) is 3.37. The van der Waals surface area contributed by atoms with E-state index in [9.17, 15) is 0 Å². The summed E-state index contributed by atoms with van der Waals surface area (Å²) in [6.45, 7) is 12.9. The molecular formula is C13H23N3. The molecule has 0 fully saturated rings. The maximum absolute atomic E-state index is 4.44. The van der Waals surface area contributed by atoms with Crippen molar-refractivity contribution < 1.29 is 0 Å². The largest absolute Gasteiger partial charge is 0.364 e. The Labute approximate surface area is 98.7 Å². The van der Waals surface area contributed by atoms with Gasteiger partial charge in [-0.3, -0.25) is 4.98 Å². The van der Waals surface area contributed by atoms with E-state index in [2.05, 4.69) is 56.8 Å². The molecule has 0 bridgehead atoms. The third-order valence-electron chi connectivity index (χ3n) is 2.77. The molecule has 3 nitrogen and oxygen atoms in total. The van der Waals surface area contributed by atoms with Crippen LogP contribution in [0.4, 0.5) is 5.82 Å². The summed E-state index contributed by atoms with van der Waals surface area (Å²) in [4.78, 5) is 8.85. The van der Waals surface area contributed by atoms with Gasteiger partial charge in [-0.2, -0.15) is 0 Å². The Morgan fingerprint density at radius 3 is 2.06 bits per heavy atom. The van der Waals surface area contributed by atoms with Gasteiger partial charge < -0.3 is 5.32 Å². The molecule has 0 saturated heterocycles. The normalized spacial score (nSPS) is 12.6. The monoisotopic (exact) mass is 221 g/mol. The van der Waals surface area contributed by atoms with E-state index in [4.69, 9.17) is 0 Å². The molecule has 0 radical (unpaired) electrons. The average Bonchev–Trinajstić information content (AvgIpc) is 2.16. The molecule has 90 valence electrons. The van der Waals surface area contributed by atoms with Crippen molar-refractivity contribution in [1.82, 2.24) is 9.97 Å². The van der Waals surface area contributed by atoms with Crippen LogP contribution in [-0.2, 0) is 5.41 Å². The number of nitrogens with zero attached hydrogens (tertiary/aromatic N) is 2. The van der Waals surface area contributed by atoms with Crippen molar-refractivity contribution >= 4 is 5.82 Å². The van der Waals surface area contributed by atoms with Gasteiger partial charge in [0.25, 0.3) is 0 Å². The molecule has 3 heteroatoms. The van der Waals surface area contributed by atoms with Crippen LogP contribution < -0.4 is 5.32 Å². The lowest BCUT2D eigenvalue weighted by Gasteiger charge is -2.25. The van der Waals surface area contributed by atoms with Crippen molar-refractivity contribution in [2.24, 2.45) is 0 Å². The highest BCUT2D eigenvalue weighted by Crippen LogP contribution is 2.20. The Morgan fingerprint density at radius 1 is 1.06 bits per heavy atom. The lowest BCUT2D eigenvalue weighted by molar-refractivity contribution is 0.541. The van der Waals surface area contributed by atoms with E-state index in [0.717, 1.165) is 17.9 Å². The van der Waals surface area contributed by atoms with Crippen LogP contribution in [0.2, 0.25) is 0 Å². The van der Waals surface area contributed by atoms with E-state index in [1.54, 1.807) is 0 Å². The second-order valence-corrected chi connectivity index (χ2v) is 5.90. The highest BCUT2D eigenvalue weighted by atomic mass is 15.1. The molecule has 1 aromatic heterocycles. The zero-order chi connectivity index (χ0) is 12.4. The number of hydrogen-bond donors (Lipinski definition) is 1. The van der Waals surface area contributed by atoms with Gasteiger partial charge in [0.05, 0.1) is 18.1 Å². The first-order chi connectivity index (χ1) is 7.24.